The third-order valence-electron chi connectivity index (χ3n) is 2.93. The van der Waals surface area contributed by atoms with Crippen LogP contribution in [0.1, 0.15) is 18.9 Å². The van der Waals surface area contributed by atoms with Gasteiger partial charge in [0.1, 0.15) is 5.75 Å². The number of methoxy groups -OCH3 is 3. The summed E-state index contributed by atoms with van der Waals surface area (Å²) in [5, 5.41) is 3.29. The van der Waals surface area contributed by atoms with Gasteiger partial charge in [0.15, 0.2) is 11.5 Å². The molecule has 4 nitrogen and oxygen atoms in total. The highest BCUT2D eigenvalue weighted by atomic mass is 16.5. The smallest absolute Gasteiger partial charge is 0.164 e. The van der Waals surface area contributed by atoms with Crippen LogP contribution in [0.5, 0.6) is 17.2 Å². The average molecular weight is 263 g/mol. The zero-order chi connectivity index (χ0) is 14.3. The molecule has 1 atom stereocenters. The van der Waals surface area contributed by atoms with Crippen LogP contribution in [0.2, 0.25) is 0 Å². The molecular formula is C15H21NO3. The monoisotopic (exact) mass is 263 g/mol. The minimum Gasteiger partial charge on any atom is -0.496 e. The molecule has 0 amide bonds. The van der Waals surface area contributed by atoms with Gasteiger partial charge in [-0.1, -0.05) is 12.8 Å². The third kappa shape index (κ3) is 3.80. The Morgan fingerprint density at radius 1 is 1.11 bits per heavy atom. The molecule has 0 aliphatic carbocycles. The Hall–Kier alpha value is -1.86. The quantitative estimate of drug-likeness (QED) is 0.766. The SMILES string of the molecule is C#CC(CC)NCc1cc(OC)c(OC)cc1OC. The minimum atomic E-state index is 0.0535. The van der Waals surface area contributed by atoms with Crippen LogP contribution < -0.4 is 19.5 Å². The van der Waals surface area contributed by atoms with Crippen LogP contribution in [0.4, 0.5) is 0 Å². The van der Waals surface area contributed by atoms with Gasteiger partial charge in [0.2, 0.25) is 0 Å². The molecule has 0 aliphatic rings. The number of nitrogens with one attached hydrogen (secondary N) is 1. The standard InChI is InChI=1S/C15H21NO3/c1-6-12(7-2)16-10-11-8-14(18-4)15(19-5)9-13(11)17-3/h1,8-9,12,16H,7,10H2,2-5H3. The Balaban J connectivity index is 2.96. The van der Waals surface area contributed by atoms with Crippen LogP contribution in [0, 0.1) is 12.3 Å². The molecule has 1 rings (SSSR count). The molecule has 0 aliphatic heterocycles. The van der Waals surface area contributed by atoms with Gasteiger partial charge in [-0.25, -0.2) is 0 Å². The molecule has 19 heavy (non-hydrogen) atoms. The van der Waals surface area contributed by atoms with E-state index in [2.05, 4.69) is 11.2 Å². The van der Waals surface area contributed by atoms with E-state index >= 15 is 0 Å². The summed E-state index contributed by atoms with van der Waals surface area (Å²) in [4.78, 5) is 0. The first kappa shape index (κ1) is 15.2. The van der Waals surface area contributed by atoms with E-state index in [-0.39, 0.29) is 6.04 Å². The largest absolute Gasteiger partial charge is 0.496 e. The Kier molecular flexibility index (Phi) is 6.04. The second-order valence-electron chi connectivity index (χ2n) is 4.03. The molecule has 1 aromatic rings. The molecule has 104 valence electrons. The summed E-state index contributed by atoms with van der Waals surface area (Å²) in [6.45, 7) is 2.66. The maximum Gasteiger partial charge on any atom is 0.164 e. The van der Waals surface area contributed by atoms with Gasteiger partial charge in [-0.2, -0.15) is 0 Å². The molecule has 0 aromatic heterocycles. The summed E-state index contributed by atoms with van der Waals surface area (Å²) >= 11 is 0. The molecule has 0 saturated carbocycles. The van der Waals surface area contributed by atoms with Gasteiger partial charge in [-0.05, 0) is 12.5 Å². The van der Waals surface area contributed by atoms with Crippen molar-refractivity contribution in [2.75, 3.05) is 21.3 Å². The van der Waals surface area contributed by atoms with Crippen molar-refractivity contribution in [1.29, 1.82) is 0 Å². The zero-order valence-corrected chi connectivity index (χ0v) is 11.9. The minimum absolute atomic E-state index is 0.0535. The van der Waals surface area contributed by atoms with E-state index in [1.807, 2.05) is 19.1 Å². The molecule has 1 aromatic carbocycles. The van der Waals surface area contributed by atoms with Crippen molar-refractivity contribution in [2.24, 2.45) is 0 Å². The van der Waals surface area contributed by atoms with Crippen molar-refractivity contribution in [3.63, 3.8) is 0 Å². The second-order valence-corrected chi connectivity index (χ2v) is 4.03. The Morgan fingerprint density at radius 3 is 2.16 bits per heavy atom. The lowest BCUT2D eigenvalue weighted by atomic mass is 10.1. The molecule has 0 spiro atoms. The topological polar surface area (TPSA) is 39.7 Å². The summed E-state index contributed by atoms with van der Waals surface area (Å²) in [6, 6.07) is 3.76. The highest BCUT2D eigenvalue weighted by molar-refractivity contribution is 5.50. The average Bonchev–Trinajstić information content (AvgIpc) is 2.47. The molecular weight excluding hydrogens is 242 g/mol. The molecule has 0 fully saturated rings. The number of benzene rings is 1. The number of hydrogen-bond acceptors (Lipinski definition) is 4. The van der Waals surface area contributed by atoms with Gasteiger partial charge in [-0.15, -0.1) is 6.42 Å². The molecule has 1 N–H and O–H groups in total. The number of ether oxygens (including phenoxy) is 3. The predicted molar refractivity (Wildman–Crippen MR) is 75.8 cm³/mol. The Bertz CT molecular complexity index is 451. The molecule has 4 heteroatoms. The normalized spacial score (nSPS) is 11.5. The van der Waals surface area contributed by atoms with E-state index in [1.54, 1.807) is 21.3 Å². The Morgan fingerprint density at radius 2 is 1.68 bits per heavy atom. The molecule has 0 saturated heterocycles. The fourth-order valence-electron chi connectivity index (χ4n) is 1.78. The lowest BCUT2D eigenvalue weighted by Crippen LogP contribution is -2.26. The van der Waals surface area contributed by atoms with Gasteiger partial charge in [-0.3, -0.25) is 5.32 Å². The Labute approximate surface area is 115 Å². The van der Waals surface area contributed by atoms with Crippen molar-refractivity contribution in [3.8, 4) is 29.6 Å². The highest BCUT2D eigenvalue weighted by Gasteiger charge is 2.12. The van der Waals surface area contributed by atoms with Crippen molar-refractivity contribution >= 4 is 0 Å². The summed E-state index contributed by atoms with van der Waals surface area (Å²) in [5.74, 6) is 4.77. The first-order valence-corrected chi connectivity index (χ1v) is 6.18. The van der Waals surface area contributed by atoms with Crippen LogP contribution in [0.15, 0.2) is 12.1 Å². The summed E-state index contributed by atoms with van der Waals surface area (Å²) < 4.78 is 15.9. The molecule has 0 heterocycles. The predicted octanol–water partition coefficient (Wildman–Crippen LogP) is 2.21. The van der Waals surface area contributed by atoms with E-state index in [9.17, 15) is 0 Å². The first-order chi connectivity index (χ1) is 9.19. The molecule has 0 bridgehead atoms. The van der Waals surface area contributed by atoms with E-state index in [0.717, 1.165) is 17.7 Å². The van der Waals surface area contributed by atoms with Crippen molar-refractivity contribution in [2.45, 2.75) is 25.9 Å². The van der Waals surface area contributed by atoms with Crippen LogP contribution in [0.25, 0.3) is 0 Å². The fraction of sp³-hybridized carbons (Fsp3) is 0.467. The van der Waals surface area contributed by atoms with Crippen molar-refractivity contribution < 1.29 is 14.2 Å². The maximum atomic E-state index is 5.43. The lowest BCUT2D eigenvalue weighted by Gasteiger charge is -2.16. The van der Waals surface area contributed by atoms with Crippen LogP contribution in [-0.2, 0) is 6.54 Å². The van der Waals surface area contributed by atoms with E-state index in [1.165, 1.54) is 0 Å². The summed E-state index contributed by atoms with van der Waals surface area (Å²) in [6.07, 6.45) is 6.31. The zero-order valence-electron chi connectivity index (χ0n) is 11.9. The van der Waals surface area contributed by atoms with E-state index < -0.39 is 0 Å². The number of rotatable bonds is 7. The van der Waals surface area contributed by atoms with Gasteiger partial charge in [0.25, 0.3) is 0 Å². The second kappa shape index (κ2) is 7.55. The van der Waals surface area contributed by atoms with Crippen molar-refractivity contribution in [3.05, 3.63) is 17.7 Å². The van der Waals surface area contributed by atoms with E-state index in [4.69, 9.17) is 20.6 Å². The number of terminal acetylenes is 1. The summed E-state index contributed by atoms with van der Waals surface area (Å²) in [7, 11) is 4.84. The number of hydrogen-bond donors (Lipinski definition) is 1. The third-order valence-corrected chi connectivity index (χ3v) is 2.93. The first-order valence-electron chi connectivity index (χ1n) is 6.18. The maximum absolute atomic E-state index is 5.43. The highest BCUT2D eigenvalue weighted by Crippen LogP contribution is 2.34. The van der Waals surface area contributed by atoms with Crippen molar-refractivity contribution in [1.82, 2.24) is 5.32 Å². The van der Waals surface area contributed by atoms with Gasteiger partial charge >= 0.3 is 0 Å². The summed E-state index contributed by atoms with van der Waals surface area (Å²) in [5.41, 5.74) is 0.980. The van der Waals surface area contributed by atoms with Crippen LogP contribution >= 0.6 is 0 Å². The van der Waals surface area contributed by atoms with E-state index in [0.29, 0.717) is 18.0 Å². The fourth-order valence-corrected chi connectivity index (χ4v) is 1.78. The van der Waals surface area contributed by atoms with Gasteiger partial charge < -0.3 is 14.2 Å². The van der Waals surface area contributed by atoms with Crippen LogP contribution in [0.3, 0.4) is 0 Å². The van der Waals surface area contributed by atoms with Crippen LogP contribution in [-0.4, -0.2) is 27.4 Å². The van der Waals surface area contributed by atoms with Gasteiger partial charge in [0.05, 0.1) is 27.4 Å². The lowest BCUT2D eigenvalue weighted by molar-refractivity contribution is 0.347. The van der Waals surface area contributed by atoms with Gasteiger partial charge in [0, 0.05) is 18.2 Å². The molecule has 1 unspecified atom stereocenters. The molecule has 0 radical (unpaired) electrons.